The summed E-state index contributed by atoms with van der Waals surface area (Å²) in [5.41, 5.74) is 0.612. The lowest BCUT2D eigenvalue weighted by atomic mass is 10.1. The number of ether oxygens (including phenoxy) is 1. The topological polar surface area (TPSA) is 137 Å². The van der Waals surface area contributed by atoms with E-state index in [9.17, 15) is 19.2 Å². The zero-order valence-corrected chi connectivity index (χ0v) is 13.4. The van der Waals surface area contributed by atoms with Gasteiger partial charge in [0.1, 0.15) is 12.1 Å². The standard InChI is InChI=1S/C16H16N4O5/c1-9(14(22)18-11-5-3-2-4-10(11)8-17)25-13(21)7-6-12-15(23)20-16(24)19-12/h2-5,9,12H,6-7H2,1H3,(H,18,22)(H2,19,20,23,24)/t9-,12+/m0/s1. The number of benzene rings is 1. The molecule has 1 saturated heterocycles. The minimum atomic E-state index is -1.08. The number of nitrogens with one attached hydrogen (secondary N) is 3. The van der Waals surface area contributed by atoms with Crippen LogP contribution in [0.25, 0.3) is 0 Å². The summed E-state index contributed by atoms with van der Waals surface area (Å²) in [5.74, 6) is -1.76. The molecule has 1 aromatic rings. The molecule has 0 spiro atoms. The highest BCUT2D eigenvalue weighted by Gasteiger charge is 2.30. The predicted octanol–water partition coefficient (Wildman–Crippen LogP) is 0.417. The molecule has 0 bridgehead atoms. The van der Waals surface area contributed by atoms with Crippen molar-refractivity contribution in [1.82, 2.24) is 10.6 Å². The lowest BCUT2D eigenvalue weighted by Crippen LogP contribution is -2.32. The van der Waals surface area contributed by atoms with Gasteiger partial charge < -0.3 is 15.4 Å². The van der Waals surface area contributed by atoms with Gasteiger partial charge in [-0.15, -0.1) is 0 Å². The number of imide groups is 1. The third-order valence-corrected chi connectivity index (χ3v) is 3.48. The smallest absolute Gasteiger partial charge is 0.322 e. The zero-order chi connectivity index (χ0) is 18.4. The number of amides is 4. The molecule has 0 aromatic heterocycles. The molecule has 0 unspecified atom stereocenters. The van der Waals surface area contributed by atoms with Gasteiger partial charge in [-0.3, -0.25) is 19.7 Å². The molecule has 1 fully saturated rings. The van der Waals surface area contributed by atoms with Gasteiger partial charge >= 0.3 is 12.0 Å². The van der Waals surface area contributed by atoms with E-state index in [1.165, 1.54) is 6.92 Å². The minimum Gasteiger partial charge on any atom is -0.453 e. The van der Waals surface area contributed by atoms with Gasteiger partial charge in [-0.2, -0.15) is 5.26 Å². The van der Waals surface area contributed by atoms with Gasteiger partial charge in [0.25, 0.3) is 11.8 Å². The molecular formula is C16H16N4O5. The summed E-state index contributed by atoms with van der Waals surface area (Å²) in [6.07, 6.45) is -1.14. The van der Waals surface area contributed by atoms with Crippen molar-refractivity contribution in [3.63, 3.8) is 0 Å². The Balaban J connectivity index is 1.82. The van der Waals surface area contributed by atoms with Crippen molar-refractivity contribution in [3.05, 3.63) is 29.8 Å². The van der Waals surface area contributed by atoms with Crippen molar-refractivity contribution in [3.8, 4) is 6.07 Å². The van der Waals surface area contributed by atoms with E-state index in [1.807, 2.05) is 6.07 Å². The quantitative estimate of drug-likeness (QED) is 0.505. The molecule has 4 amide bonds. The van der Waals surface area contributed by atoms with E-state index in [0.717, 1.165) is 0 Å². The highest BCUT2D eigenvalue weighted by molar-refractivity contribution is 6.04. The monoisotopic (exact) mass is 344 g/mol. The van der Waals surface area contributed by atoms with Gasteiger partial charge in [-0.05, 0) is 25.5 Å². The molecule has 0 aliphatic carbocycles. The van der Waals surface area contributed by atoms with Crippen molar-refractivity contribution in [2.75, 3.05) is 5.32 Å². The Labute approximate surface area is 143 Å². The lowest BCUT2D eigenvalue weighted by molar-refractivity contribution is -0.153. The van der Waals surface area contributed by atoms with Crippen LogP contribution in [0.5, 0.6) is 0 Å². The molecule has 1 aromatic carbocycles. The van der Waals surface area contributed by atoms with E-state index in [1.54, 1.807) is 24.3 Å². The van der Waals surface area contributed by atoms with E-state index in [-0.39, 0.29) is 18.4 Å². The first-order valence-electron chi connectivity index (χ1n) is 7.51. The van der Waals surface area contributed by atoms with Crippen LogP contribution in [0.1, 0.15) is 25.3 Å². The number of anilines is 1. The Bertz CT molecular complexity index is 755. The van der Waals surface area contributed by atoms with Crippen molar-refractivity contribution < 1.29 is 23.9 Å². The van der Waals surface area contributed by atoms with Crippen LogP contribution in [0.4, 0.5) is 10.5 Å². The molecular weight excluding hydrogens is 328 g/mol. The fourth-order valence-corrected chi connectivity index (χ4v) is 2.16. The summed E-state index contributed by atoms with van der Waals surface area (Å²) in [5, 5.41) is 15.9. The average Bonchev–Trinajstić information content (AvgIpc) is 2.90. The van der Waals surface area contributed by atoms with Gasteiger partial charge in [0, 0.05) is 6.42 Å². The third kappa shape index (κ3) is 4.78. The van der Waals surface area contributed by atoms with Gasteiger partial charge in [-0.25, -0.2) is 4.79 Å². The average molecular weight is 344 g/mol. The summed E-state index contributed by atoms with van der Waals surface area (Å²) in [6.45, 7) is 1.40. The number of nitriles is 1. The van der Waals surface area contributed by atoms with E-state index >= 15 is 0 Å². The molecule has 9 nitrogen and oxygen atoms in total. The Morgan fingerprint density at radius 3 is 2.72 bits per heavy atom. The van der Waals surface area contributed by atoms with Crippen LogP contribution in [-0.2, 0) is 19.1 Å². The number of urea groups is 1. The molecule has 0 saturated carbocycles. The second kappa shape index (κ2) is 7.92. The molecule has 0 radical (unpaired) electrons. The van der Waals surface area contributed by atoms with Crippen LogP contribution < -0.4 is 16.0 Å². The number of carbonyl (C=O) groups excluding carboxylic acids is 4. The van der Waals surface area contributed by atoms with Crippen LogP contribution in [-0.4, -0.2) is 36.0 Å². The van der Waals surface area contributed by atoms with E-state index in [4.69, 9.17) is 10.00 Å². The number of rotatable bonds is 6. The van der Waals surface area contributed by atoms with Gasteiger partial charge in [0.15, 0.2) is 6.10 Å². The summed E-state index contributed by atoms with van der Waals surface area (Å²) in [7, 11) is 0. The number of hydrogen-bond donors (Lipinski definition) is 3. The van der Waals surface area contributed by atoms with Crippen molar-refractivity contribution in [2.24, 2.45) is 0 Å². The molecule has 25 heavy (non-hydrogen) atoms. The molecule has 3 N–H and O–H groups in total. The maximum Gasteiger partial charge on any atom is 0.322 e. The second-order valence-electron chi connectivity index (χ2n) is 5.33. The fourth-order valence-electron chi connectivity index (χ4n) is 2.16. The number of hydrogen-bond acceptors (Lipinski definition) is 6. The molecule has 9 heteroatoms. The van der Waals surface area contributed by atoms with Crippen molar-refractivity contribution >= 4 is 29.5 Å². The fraction of sp³-hybridized carbons (Fsp3) is 0.312. The summed E-state index contributed by atoms with van der Waals surface area (Å²) in [6, 6.07) is 6.99. The maximum atomic E-state index is 12.1. The van der Waals surface area contributed by atoms with Crippen LogP contribution in [0, 0.1) is 11.3 Å². The van der Waals surface area contributed by atoms with Crippen molar-refractivity contribution in [1.29, 1.82) is 5.26 Å². The number of nitrogens with zero attached hydrogens (tertiary/aromatic N) is 1. The molecule has 2 rings (SSSR count). The molecule has 130 valence electrons. The number of esters is 1. The highest BCUT2D eigenvalue weighted by Crippen LogP contribution is 2.14. The molecule has 1 heterocycles. The summed E-state index contributed by atoms with van der Waals surface area (Å²) >= 11 is 0. The summed E-state index contributed by atoms with van der Waals surface area (Å²) in [4.78, 5) is 46.2. The number of para-hydroxylation sites is 1. The van der Waals surface area contributed by atoms with Crippen LogP contribution in [0.2, 0.25) is 0 Å². The first-order valence-corrected chi connectivity index (χ1v) is 7.51. The SMILES string of the molecule is C[C@H](OC(=O)CC[C@H]1NC(=O)NC1=O)C(=O)Nc1ccccc1C#N. The Morgan fingerprint density at radius 2 is 2.08 bits per heavy atom. The Morgan fingerprint density at radius 1 is 1.36 bits per heavy atom. The van der Waals surface area contributed by atoms with E-state index < -0.39 is 36.0 Å². The van der Waals surface area contributed by atoms with Crippen LogP contribution >= 0.6 is 0 Å². The molecule has 1 aliphatic heterocycles. The third-order valence-electron chi connectivity index (χ3n) is 3.48. The van der Waals surface area contributed by atoms with E-state index in [2.05, 4.69) is 16.0 Å². The van der Waals surface area contributed by atoms with Gasteiger partial charge in [-0.1, -0.05) is 12.1 Å². The minimum absolute atomic E-state index is 0.0714. The van der Waals surface area contributed by atoms with Gasteiger partial charge in [0.2, 0.25) is 0 Å². The van der Waals surface area contributed by atoms with Crippen molar-refractivity contribution in [2.45, 2.75) is 31.9 Å². The van der Waals surface area contributed by atoms with E-state index in [0.29, 0.717) is 5.69 Å². The Kier molecular flexibility index (Phi) is 5.68. The molecule has 1 aliphatic rings. The normalized spacial score (nSPS) is 17.0. The Hall–Kier alpha value is -3.41. The molecule has 2 atom stereocenters. The lowest BCUT2D eigenvalue weighted by Gasteiger charge is -2.14. The van der Waals surface area contributed by atoms with Gasteiger partial charge in [0.05, 0.1) is 11.3 Å². The first-order chi connectivity index (χ1) is 11.9. The first kappa shape index (κ1) is 17.9. The summed E-state index contributed by atoms with van der Waals surface area (Å²) < 4.78 is 5.00. The maximum absolute atomic E-state index is 12.1. The largest absolute Gasteiger partial charge is 0.453 e. The van der Waals surface area contributed by atoms with Crippen LogP contribution in [0.3, 0.4) is 0 Å². The second-order valence-corrected chi connectivity index (χ2v) is 5.33. The zero-order valence-electron chi connectivity index (χ0n) is 13.4. The highest BCUT2D eigenvalue weighted by atomic mass is 16.5. The van der Waals surface area contributed by atoms with Crippen LogP contribution in [0.15, 0.2) is 24.3 Å². The number of carbonyl (C=O) groups is 4. The predicted molar refractivity (Wildman–Crippen MR) is 85.0 cm³/mol.